The van der Waals surface area contributed by atoms with Crippen LogP contribution in [0.3, 0.4) is 0 Å². The van der Waals surface area contributed by atoms with E-state index in [9.17, 15) is 0 Å². The van der Waals surface area contributed by atoms with Gasteiger partial charge in [-0.3, -0.25) is 0 Å². The van der Waals surface area contributed by atoms with E-state index >= 15 is 0 Å². The Kier molecular flexibility index (Phi) is 4.04. The van der Waals surface area contributed by atoms with E-state index in [1.54, 1.807) is 18.2 Å². The number of thiophene rings is 1. The van der Waals surface area contributed by atoms with Crippen molar-refractivity contribution < 1.29 is 0 Å². The molecule has 0 radical (unpaired) electrons. The van der Waals surface area contributed by atoms with Gasteiger partial charge in [0.2, 0.25) is 0 Å². The Balaban J connectivity index is 2.41. The maximum Gasteiger partial charge on any atom is 0.0943 e. The highest BCUT2D eigenvalue weighted by atomic mass is 35.5. The molecule has 1 aromatic heterocycles. The van der Waals surface area contributed by atoms with Crippen LogP contribution in [0.2, 0.25) is 15.1 Å². The molecule has 0 fully saturated rings. The molecule has 0 bridgehead atoms. The van der Waals surface area contributed by atoms with Gasteiger partial charge in [0, 0.05) is 14.9 Å². The Morgan fingerprint density at radius 3 is 2.12 bits per heavy atom. The molecule has 0 N–H and O–H groups in total. The van der Waals surface area contributed by atoms with E-state index in [0.29, 0.717) is 15.1 Å². The Labute approximate surface area is 118 Å². The first kappa shape index (κ1) is 12.5. The topological polar surface area (TPSA) is 0 Å². The fourth-order valence-corrected chi connectivity index (χ4v) is 3.52. The summed E-state index contributed by atoms with van der Waals surface area (Å²) < 4.78 is 0. The van der Waals surface area contributed by atoms with Crippen molar-refractivity contribution in [3.8, 4) is 0 Å². The average Bonchev–Trinajstić information content (AvgIpc) is 2.62. The van der Waals surface area contributed by atoms with E-state index in [4.69, 9.17) is 46.4 Å². The molecule has 1 aromatic carbocycles. The normalized spacial score (nSPS) is 12.8. The maximum absolute atomic E-state index is 6.33. The third-order valence-electron chi connectivity index (χ3n) is 2.05. The van der Waals surface area contributed by atoms with Crippen LogP contribution in [0, 0.1) is 0 Å². The van der Waals surface area contributed by atoms with E-state index in [1.165, 1.54) is 11.3 Å². The van der Waals surface area contributed by atoms with Crippen LogP contribution < -0.4 is 0 Å². The molecule has 0 amide bonds. The SMILES string of the molecule is Clc1cc(Cl)cc(C(Cl)c2sccc2Cl)c1. The summed E-state index contributed by atoms with van der Waals surface area (Å²) in [5.74, 6) is 0. The van der Waals surface area contributed by atoms with Crippen LogP contribution in [0.25, 0.3) is 0 Å². The molecule has 5 heteroatoms. The second-order valence-electron chi connectivity index (χ2n) is 3.20. The van der Waals surface area contributed by atoms with Gasteiger partial charge in [-0.15, -0.1) is 22.9 Å². The zero-order chi connectivity index (χ0) is 11.7. The highest BCUT2D eigenvalue weighted by Crippen LogP contribution is 2.38. The highest BCUT2D eigenvalue weighted by molar-refractivity contribution is 7.11. The van der Waals surface area contributed by atoms with Gasteiger partial charge in [-0.25, -0.2) is 0 Å². The van der Waals surface area contributed by atoms with E-state index in [1.807, 2.05) is 11.4 Å². The third kappa shape index (κ3) is 2.66. The highest BCUT2D eigenvalue weighted by Gasteiger charge is 2.16. The molecule has 2 rings (SSSR count). The van der Waals surface area contributed by atoms with Gasteiger partial charge in [0.15, 0.2) is 0 Å². The monoisotopic (exact) mass is 310 g/mol. The third-order valence-corrected chi connectivity index (χ3v) is 4.51. The number of halogens is 4. The molecule has 0 nitrogen and oxygen atoms in total. The van der Waals surface area contributed by atoms with Crippen molar-refractivity contribution >= 4 is 57.7 Å². The molecule has 0 saturated heterocycles. The second kappa shape index (κ2) is 5.16. The minimum Gasteiger partial charge on any atom is -0.145 e. The van der Waals surface area contributed by atoms with Crippen molar-refractivity contribution in [3.05, 3.63) is 55.2 Å². The summed E-state index contributed by atoms with van der Waals surface area (Å²) in [6.07, 6.45) is 0. The fraction of sp³-hybridized carbons (Fsp3) is 0.0909. The minimum absolute atomic E-state index is 0.316. The summed E-state index contributed by atoms with van der Waals surface area (Å²) in [5, 5.41) is 3.39. The second-order valence-corrected chi connectivity index (χ2v) is 5.86. The molecule has 0 aliphatic heterocycles. The van der Waals surface area contributed by atoms with Gasteiger partial charge in [0.1, 0.15) is 0 Å². The largest absolute Gasteiger partial charge is 0.145 e. The molecule has 1 unspecified atom stereocenters. The van der Waals surface area contributed by atoms with E-state index < -0.39 is 0 Å². The van der Waals surface area contributed by atoms with Crippen LogP contribution in [-0.2, 0) is 0 Å². The van der Waals surface area contributed by atoms with Crippen LogP contribution in [0.1, 0.15) is 15.8 Å². The first-order chi connectivity index (χ1) is 7.58. The molecule has 2 aromatic rings. The van der Waals surface area contributed by atoms with Gasteiger partial charge in [-0.05, 0) is 35.2 Å². The number of hydrogen-bond acceptors (Lipinski definition) is 1. The van der Waals surface area contributed by atoms with E-state index in [0.717, 1.165) is 10.4 Å². The quantitative estimate of drug-likeness (QED) is 0.593. The molecule has 0 aliphatic carbocycles. The first-order valence-corrected chi connectivity index (χ1v) is 6.86. The maximum atomic E-state index is 6.33. The Bertz CT molecular complexity index is 486. The Morgan fingerprint density at radius 2 is 1.62 bits per heavy atom. The van der Waals surface area contributed by atoms with E-state index in [-0.39, 0.29) is 5.38 Å². The van der Waals surface area contributed by atoms with Gasteiger partial charge in [0.05, 0.1) is 10.4 Å². The smallest absolute Gasteiger partial charge is 0.0943 e. The van der Waals surface area contributed by atoms with Crippen LogP contribution in [-0.4, -0.2) is 0 Å². The molecule has 0 spiro atoms. The first-order valence-electron chi connectivity index (χ1n) is 4.41. The van der Waals surface area contributed by atoms with Crippen molar-refractivity contribution in [3.63, 3.8) is 0 Å². The predicted octanol–water partition coefficient (Wildman–Crippen LogP) is 6.04. The summed E-state index contributed by atoms with van der Waals surface area (Å²) in [7, 11) is 0. The van der Waals surface area contributed by atoms with Gasteiger partial charge in [0.25, 0.3) is 0 Å². The van der Waals surface area contributed by atoms with Crippen molar-refractivity contribution in [1.29, 1.82) is 0 Å². The van der Waals surface area contributed by atoms with Crippen molar-refractivity contribution in [1.82, 2.24) is 0 Å². The lowest BCUT2D eigenvalue weighted by atomic mass is 10.1. The Hall–Kier alpha value is 0.0800. The lowest BCUT2D eigenvalue weighted by Crippen LogP contribution is -1.91. The van der Waals surface area contributed by atoms with Crippen LogP contribution in [0.15, 0.2) is 29.6 Å². The standard InChI is InChI=1S/C11H6Cl4S/c12-7-3-6(4-8(13)5-7)10(15)11-9(14)1-2-16-11/h1-5,10H. The summed E-state index contributed by atoms with van der Waals surface area (Å²) >= 11 is 25.7. The van der Waals surface area contributed by atoms with Crippen LogP contribution >= 0.6 is 57.7 Å². The number of hydrogen-bond donors (Lipinski definition) is 0. The van der Waals surface area contributed by atoms with Crippen molar-refractivity contribution in [2.45, 2.75) is 5.38 Å². The molecular formula is C11H6Cl4S. The van der Waals surface area contributed by atoms with Gasteiger partial charge in [-0.2, -0.15) is 0 Å². The fourth-order valence-electron chi connectivity index (χ4n) is 1.36. The van der Waals surface area contributed by atoms with Crippen LogP contribution in [0.5, 0.6) is 0 Å². The van der Waals surface area contributed by atoms with Crippen LogP contribution in [0.4, 0.5) is 0 Å². The summed E-state index contributed by atoms with van der Waals surface area (Å²) in [4.78, 5) is 0.904. The summed E-state index contributed by atoms with van der Waals surface area (Å²) in [5.41, 5.74) is 0.850. The molecular weight excluding hydrogens is 306 g/mol. The zero-order valence-electron chi connectivity index (χ0n) is 7.88. The van der Waals surface area contributed by atoms with Crippen molar-refractivity contribution in [2.75, 3.05) is 0 Å². The van der Waals surface area contributed by atoms with E-state index in [2.05, 4.69) is 0 Å². The Morgan fingerprint density at radius 1 is 1.00 bits per heavy atom. The van der Waals surface area contributed by atoms with Gasteiger partial charge < -0.3 is 0 Å². The molecule has 84 valence electrons. The lowest BCUT2D eigenvalue weighted by molar-refractivity contribution is 1.18. The molecule has 0 saturated carbocycles. The molecule has 1 heterocycles. The zero-order valence-corrected chi connectivity index (χ0v) is 11.7. The lowest BCUT2D eigenvalue weighted by Gasteiger charge is -2.09. The molecule has 0 aliphatic rings. The number of alkyl halides is 1. The minimum atomic E-state index is -0.316. The molecule has 16 heavy (non-hydrogen) atoms. The summed E-state index contributed by atoms with van der Waals surface area (Å²) in [6.45, 7) is 0. The number of benzene rings is 1. The number of rotatable bonds is 2. The van der Waals surface area contributed by atoms with Gasteiger partial charge in [-0.1, -0.05) is 34.8 Å². The van der Waals surface area contributed by atoms with Crippen molar-refractivity contribution in [2.24, 2.45) is 0 Å². The predicted molar refractivity (Wildman–Crippen MR) is 73.5 cm³/mol. The van der Waals surface area contributed by atoms with Gasteiger partial charge >= 0.3 is 0 Å². The average molecular weight is 312 g/mol. The molecule has 1 atom stereocenters. The summed E-state index contributed by atoms with van der Waals surface area (Å²) in [6, 6.07) is 7.08.